The highest BCUT2D eigenvalue weighted by Gasteiger charge is 2.44. The van der Waals surface area contributed by atoms with Crippen molar-refractivity contribution in [2.24, 2.45) is 0 Å². The van der Waals surface area contributed by atoms with Crippen molar-refractivity contribution in [3.05, 3.63) is 107 Å². The minimum Gasteiger partial charge on any atom is -0.354 e. The van der Waals surface area contributed by atoms with E-state index in [2.05, 4.69) is 30.0 Å². The van der Waals surface area contributed by atoms with Gasteiger partial charge in [-0.3, -0.25) is 39.2 Å². The molecule has 16 heteroatoms. The minimum atomic E-state index is -0.975. The van der Waals surface area contributed by atoms with Gasteiger partial charge in [0.1, 0.15) is 29.3 Å². The highest BCUT2D eigenvalue weighted by atomic mass is 19.1. The highest BCUT2D eigenvalue weighted by molar-refractivity contribution is 6.23. The quantitative estimate of drug-likeness (QED) is 0.220. The number of rotatable bonds is 8. The van der Waals surface area contributed by atoms with Crippen molar-refractivity contribution < 1.29 is 28.0 Å². The van der Waals surface area contributed by atoms with E-state index in [0.29, 0.717) is 47.3 Å². The molecule has 1 N–H and O–H groups in total. The first-order chi connectivity index (χ1) is 29.2. The number of amides is 4. The number of likely N-dealkylation sites (tertiary alicyclic amines) is 1. The summed E-state index contributed by atoms with van der Waals surface area (Å²) in [6, 6.07) is 16.3. The Balaban J connectivity index is 0.749. The molecule has 308 valence electrons. The maximum Gasteiger partial charge on any atom is 0.262 e. The van der Waals surface area contributed by atoms with Crippen LogP contribution in [0.3, 0.4) is 0 Å². The molecule has 5 aromatic rings. The predicted molar refractivity (Wildman–Crippen MR) is 217 cm³/mol. The first-order valence-corrected chi connectivity index (χ1v) is 20.8. The predicted octanol–water partition coefficient (Wildman–Crippen LogP) is 4.60. The summed E-state index contributed by atoms with van der Waals surface area (Å²) in [5.41, 5.74) is 4.27. The van der Waals surface area contributed by atoms with E-state index in [0.717, 1.165) is 98.6 Å². The second-order valence-electron chi connectivity index (χ2n) is 16.4. The summed E-state index contributed by atoms with van der Waals surface area (Å²) in [4.78, 5) is 71.0. The molecule has 5 aliphatic rings. The zero-order valence-electron chi connectivity index (χ0n) is 33.0. The lowest BCUT2D eigenvalue weighted by atomic mass is 10.0. The molecule has 10 rings (SSSR count). The molecule has 1 unspecified atom stereocenters. The fraction of sp³-hybridized carbons (Fsp3) is 0.386. The van der Waals surface area contributed by atoms with E-state index in [1.807, 2.05) is 36.5 Å². The van der Waals surface area contributed by atoms with Gasteiger partial charge in [0.15, 0.2) is 5.65 Å². The standard InChI is InChI=1S/C44H44F2N10O4/c45-28-7-9-31(34(46)24-28)36-4-2-15-54(36)39-14-18-55-41(49-39)33(25-47-55)35-3-1-5-38(48-35)53-21-19-52(20-22-53)29-12-16-51(17-13-29)26-27-6-8-30-32(23-27)44(60)56(43(30)59)37-10-11-40(57)50-42(37)58/h1,3,5-9,14,18,23-25,29,36-37H,2,4,10-13,15-17,19-22,26H2,(H,50,57,58)/t36-,37?/m1/s1. The van der Waals surface area contributed by atoms with Gasteiger partial charge in [-0.05, 0) is 87.2 Å². The van der Waals surface area contributed by atoms with Crippen LogP contribution in [0.2, 0.25) is 0 Å². The molecular formula is C44H44F2N10O4. The van der Waals surface area contributed by atoms with E-state index in [1.54, 1.807) is 22.8 Å². The van der Waals surface area contributed by atoms with Crippen molar-refractivity contribution in [3.63, 3.8) is 0 Å². The number of imide groups is 2. The van der Waals surface area contributed by atoms with Crippen molar-refractivity contribution in [1.29, 1.82) is 0 Å². The third-order valence-corrected chi connectivity index (χ3v) is 12.9. The molecule has 2 aromatic carbocycles. The van der Waals surface area contributed by atoms with Crippen LogP contribution in [-0.4, -0.2) is 116 Å². The molecule has 0 saturated carbocycles. The molecule has 60 heavy (non-hydrogen) atoms. The van der Waals surface area contributed by atoms with Gasteiger partial charge in [0.05, 0.1) is 34.6 Å². The normalized spacial score (nSPS) is 22.0. The van der Waals surface area contributed by atoms with Crippen LogP contribution in [0.25, 0.3) is 16.9 Å². The van der Waals surface area contributed by atoms with Crippen LogP contribution in [0.5, 0.6) is 0 Å². The zero-order chi connectivity index (χ0) is 41.1. The monoisotopic (exact) mass is 814 g/mol. The summed E-state index contributed by atoms with van der Waals surface area (Å²) < 4.78 is 30.3. The molecule has 0 aliphatic carbocycles. The summed E-state index contributed by atoms with van der Waals surface area (Å²) in [6.45, 7) is 6.75. The van der Waals surface area contributed by atoms with Crippen molar-refractivity contribution in [2.75, 3.05) is 55.6 Å². The average molecular weight is 815 g/mol. The molecule has 3 aromatic heterocycles. The number of carbonyl (C=O) groups excluding carboxylic acids is 4. The number of nitrogens with one attached hydrogen (secondary N) is 1. The van der Waals surface area contributed by atoms with E-state index < -0.39 is 41.3 Å². The fourth-order valence-electron chi connectivity index (χ4n) is 9.72. The van der Waals surface area contributed by atoms with Gasteiger partial charge in [-0.25, -0.2) is 23.3 Å². The van der Waals surface area contributed by atoms with Gasteiger partial charge in [-0.15, -0.1) is 0 Å². The first-order valence-electron chi connectivity index (χ1n) is 20.8. The van der Waals surface area contributed by atoms with Gasteiger partial charge in [0.25, 0.3) is 11.8 Å². The van der Waals surface area contributed by atoms with Crippen molar-refractivity contribution >= 4 is 40.9 Å². The molecule has 0 spiro atoms. The number of piperidine rings is 2. The van der Waals surface area contributed by atoms with Crippen LogP contribution >= 0.6 is 0 Å². The number of benzene rings is 2. The SMILES string of the molecule is O=C1CCC(N2C(=O)c3ccc(CN4CCC(N5CCN(c6cccc(-c7cnn8ccc(N9CCC[C@@H]9c9ccc(F)cc9F)nc78)n6)CC5)CC4)cc3C2=O)C(=O)N1. The van der Waals surface area contributed by atoms with Crippen LogP contribution < -0.4 is 15.1 Å². The summed E-state index contributed by atoms with van der Waals surface area (Å²) in [5, 5.41) is 6.81. The molecule has 8 heterocycles. The molecule has 14 nitrogen and oxygen atoms in total. The Hall–Kier alpha value is -6.13. The van der Waals surface area contributed by atoms with Gasteiger partial charge >= 0.3 is 0 Å². The molecule has 2 atom stereocenters. The molecule has 4 fully saturated rings. The second-order valence-corrected chi connectivity index (χ2v) is 16.4. The Bertz CT molecular complexity index is 2530. The summed E-state index contributed by atoms with van der Waals surface area (Å²) in [5.74, 6) is -1.49. The van der Waals surface area contributed by atoms with Crippen LogP contribution in [0.1, 0.15) is 76.4 Å². The topological polar surface area (TPSA) is 140 Å². The van der Waals surface area contributed by atoms with E-state index in [4.69, 9.17) is 9.97 Å². The summed E-state index contributed by atoms with van der Waals surface area (Å²) in [7, 11) is 0. The number of aromatic nitrogens is 4. The Morgan fingerprint density at radius 2 is 1.55 bits per heavy atom. The number of hydrogen-bond acceptors (Lipinski definition) is 11. The number of pyridine rings is 1. The van der Waals surface area contributed by atoms with Crippen LogP contribution in [-0.2, 0) is 16.1 Å². The Kier molecular flexibility index (Phi) is 9.83. The van der Waals surface area contributed by atoms with Crippen molar-refractivity contribution in [3.8, 4) is 11.3 Å². The van der Waals surface area contributed by atoms with E-state index >= 15 is 0 Å². The lowest BCUT2D eigenvalue weighted by Gasteiger charge is -2.43. The highest BCUT2D eigenvalue weighted by Crippen LogP contribution is 2.38. The largest absolute Gasteiger partial charge is 0.354 e. The van der Waals surface area contributed by atoms with Gasteiger partial charge in [-0.1, -0.05) is 18.2 Å². The molecular weight excluding hydrogens is 771 g/mol. The average Bonchev–Trinajstić information content (AvgIpc) is 3.98. The molecule has 5 aliphatic heterocycles. The van der Waals surface area contributed by atoms with Gasteiger partial charge in [-0.2, -0.15) is 5.10 Å². The smallest absolute Gasteiger partial charge is 0.262 e. The van der Waals surface area contributed by atoms with E-state index in [9.17, 15) is 28.0 Å². The first kappa shape index (κ1) is 38.1. The Morgan fingerprint density at radius 1 is 0.733 bits per heavy atom. The summed E-state index contributed by atoms with van der Waals surface area (Å²) >= 11 is 0. The molecule has 4 amide bonds. The lowest BCUT2D eigenvalue weighted by molar-refractivity contribution is -0.136. The molecule has 0 bridgehead atoms. The van der Waals surface area contributed by atoms with Gasteiger partial charge in [0, 0.05) is 69.6 Å². The van der Waals surface area contributed by atoms with E-state index in [-0.39, 0.29) is 18.9 Å². The van der Waals surface area contributed by atoms with Crippen molar-refractivity contribution in [1.82, 2.24) is 39.6 Å². The van der Waals surface area contributed by atoms with Gasteiger partial charge in [0.2, 0.25) is 11.8 Å². The maximum absolute atomic E-state index is 14.8. The maximum atomic E-state index is 14.8. The zero-order valence-corrected chi connectivity index (χ0v) is 33.0. The second kappa shape index (κ2) is 15.5. The van der Waals surface area contributed by atoms with Crippen LogP contribution in [0, 0.1) is 11.6 Å². The number of piperazine rings is 1. The number of fused-ring (bicyclic) bond motifs is 2. The van der Waals surface area contributed by atoms with E-state index in [1.165, 1.54) is 12.1 Å². The Morgan fingerprint density at radius 3 is 2.35 bits per heavy atom. The summed E-state index contributed by atoms with van der Waals surface area (Å²) in [6.07, 6.45) is 7.55. The lowest BCUT2D eigenvalue weighted by Crippen LogP contribution is -2.54. The number of nitrogens with zero attached hydrogens (tertiary/aromatic N) is 9. The molecule has 4 saturated heterocycles. The van der Waals surface area contributed by atoms with Crippen LogP contribution in [0.15, 0.2) is 73.1 Å². The van der Waals surface area contributed by atoms with Crippen LogP contribution in [0.4, 0.5) is 20.4 Å². The third-order valence-electron chi connectivity index (χ3n) is 12.9. The van der Waals surface area contributed by atoms with Crippen molar-refractivity contribution in [2.45, 2.75) is 63.2 Å². The fourth-order valence-corrected chi connectivity index (χ4v) is 9.72. The number of hydrogen-bond donors (Lipinski definition) is 1. The number of halogens is 2. The molecule has 0 radical (unpaired) electrons. The minimum absolute atomic E-state index is 0.0890. The number of carbonyl (C=O) groups is 4. The van der Waals surface area contributed by atoms with Gasteiger partial charge < -0.3 is 9.80 Å². The Labute approximate surface area is 344 Å². The number of anilines is 2. The third kappa shape index (κ3) is 6.96.